The van der Waals surface area contributed by atoms with E-state index in [1.807, 2.05) is 118 Å². The molecule has 0 radical (unpaired) electrons. The van der Waals surface area contributed by atoms with Gasteiger partial charge in [0.15, 0.2) is 5.57 Å². The average molecular weight is 572 g/mol. The predicted octanol–water partition coefficient (Wildman–Crippen LogP) is 5.55. The molecule has 1 heterocycles. The van der Waals surface area contributed by atoms with Crippen molar-refractivity contribution in [1.29, 1.82) is 5.26 Å². The zero-order valence-corrected chi connectivity index (χ0v) is 24.4. The summed E-state index contributed by atoms with van der Waals surface area (Å²) in [5.74, 6) is 0.0958. The fraction of sp³-hybridized carbons (Fsp3) is 0.114. The molecule has 0 aliphatic carbocycles. The third kappa shape index (κ3) is 6.25. The maximum absolute atomic E-state index is 13.9. The lowest BCUT2D eigenvalue weighted by Gasteiger charge is -2.10. The number of aryl methyl sites for hydroxylation is 3. The minimum absolute atomic E-state index is 0.138. The van der Waals surface area contributed by atoms with Crippen LogP contribution in [0.3, 0.4) is 0 Å². The number of carbonyl (C=O) groups is 1. The van der Waals surface area contributed by atoms with E-state index in [1.54, 1.807) is 6.08 Å². The highest BCUT2D eigenvalue weighted by atomic mass is 32.1. The highest BCUT2D eigenvalue weighted by molar-refractivity contribution is 7.07. The topological polar surface area (TPSA) is 84.1 Å². The number of anilines is 1. The van der Waals surface area contributed by atoms with Crippen molar-refractivity contribution in [3.8, 4) is 17.5 Å². The van der Waals surface area contributed by atoms with E-state index in [4.69, 9.17) is 4.74 Å². The van der Waals surface area contributed by atoms with Crippen LogP contribution < -0.4 is 24.8 Å². The summed E-state index contributed by atoms with van der Waals surface area (Å²) in [6.45, 7) is 6.13. The summed E-state index contributed by atoms with van der Waals surface area (Å²) < 4.78 is 8.09. The molecule has 1 N–H and O–H groups in total. The van der Waals surface area contributed by atoms with Crippen LogP contribution in [-0.4, -0.2) is 10.5 Å². The summed E-state index contributed by atoms with van der Waals surface area (Å²) in [5, 5.41) is 13.1. The number of hydrogen-bond acceptors (Lipinski definition) is 5. The van der Waals surface area contributed by atoms with Crippen molar-refractivity contribution in [2.75, 3.05) is 5.32 Å². The number of ether oxygens (including phenoxy) is 1. The summed E-state index contributed by atoms with van der Waals surface area (Å²) in [7, 11) is 0. The van der Waals surface area contributed by atoms with Crippen molar-refractivity contribution in [3.05, 3.63) is 144 Å². The van der Waals surface area contributed by atoms with Crippen molar-refractivity contribution in [1.82, 2.24) is 4.57 Å². The number of nitrogens with zero attached hydrogens (tertiary/aromatic N) is 2. The Morgan fingerprint density at radius 3 is 2.45 bits per heavy atom. The van der Waals surface area contributed by atoms with Crippen molar-refractivity contribution in [2.45, 2.75) is 27.4 Å². The molecule has 5 rings (SSSR count). The fourth-order valence-corrected chi connectivity index (χ4v) is 5.62. The summed E-state index contributed by atoms with van der Waals surface area (Å²) in [4.78, 5) is 27.4. The summed E-state index contributed by atoms with van der Waals surface area (Å²) >= 11 is 1.11. The molecule has 1 aromatic heterocycles. The number of aromatic nitrogens is 1. The standard InChI is InChI=1S/C35H29N3O3S/c1-23-16-17-24(2)30(18-23)37-33(39)29(21-36)35-38(31-15-8-7-10-25(31)3)34(40)32(42-35)20-27-13-9-14-28(19-27)41-22-26-11-5-4-6-12-26/h4-20H,22H2,1-3H3,(H,37,39)/b32-20-,35-29+. The molecule has 4 aromatic carbocycles. The molecule has 0 spiro atoms. The van der Waals surface area contributed by atoms with Gasteiger partial charge >= 0.3 is 0 Å². The Morgan fingerprint density at radius 2 is 1.69 bits per heavy atom. The molecular weight excluding hydrogens is 542 g/mol. The SMILES string of the molecule is Cc1ccc(C)c(NC(=O)/C(C#N)=c2/s/c(=C\c3cccc(OCc4ccccc4)c3)c(=O)n2-c2ccccc2C)c1. The van der Waals surface area contributed by atoms with E-state index in [-0.39, 0.29) is 15.8 Å². The summed E-state index contributed by atoms with van der Waals surface area (Å²) in [5.41, 5.74) is 5.29. The number of carbonyl (C=O) groups excluding carboxylic acids is 1. The third-order valence-corrected chi connectivity index (χ3v) is 7.87. The van der Waals surface area contributed by atoms with E-state index in [2.05, 4.69) is 11.4 Å². The quantitative estimate of drug-likeness (QED) is 0.278. The van der Waals surface area contributed by atoms with Gasteiger partial charge in [0.1, 0.15) is 23.1 Å². The third-order valence-electron chi connectivity index (χ3n) is 6.78. The maximum atomic E-state index is 13.9. The van der Waals surface area contributed by atoms with Gasteiger partial charge in [-0.05, 0) is 78.9 Å². The molecule has 0 aliphatic heterocycles. The normalized spacial score (nSPS) is 12.0. The molecule has 42 heavy (non-hydrogen) atoms. The smallest absolute Gasteiger partial charge is 0.273 e. The first-order chi connectivity index (χ1) is 20.3. The number of benzene rings is 4. The van der Waals surface area contributed by atoms with Crippen molar-refractivity contribution < 1.29 is 9.53 Å². The van der Waals surface area contributed by atoms with Crippen LogP contribution in [0.25, 0.3) is 17.3 Å². The van der Waals surface area contributed by atoms with Crippen LogP contribution in [0.5, 0.6) is 5.75 Å². The Hall–Kier alpha value is -5.19. The lowest BCUT2D eigenvalue weighted by molar-refractivity contribution is -0.111. The Kier molecular flexibility index (Phi) is 8.47. The molecule has 0 bridgehead atoms. The number of para-hydroxylation sites is 1. The summed E-state index contributed by atoms with van der Waals surface area (Å²) in [6.07, 6.45) is 1.76. The molecule has 0 saturated heterocycles. The zero-order chi connectivity index (χ0) is 29.6. The first-order valence-corrected chi connectivity index (χ1v) is 14.2. The molecule has 5 aromatic rings. The molecule has 0 atom stereocenters. The lowest BCUT2D eigenvalue weighted by atomic mass is 10.1. The molecule has 0 aliphatic rings. The van der Waals surface area contributed by atoms with Crippen LogP contribution in [0.15, 0.2) is 102 Å². The molecule has 7 heteroatoms. The van der Waals surface area contributed by atoms with Crippen LogP contribution in [0, 0.1) is 32.1 Å². The number of nitriles is 1. The van der Waals surface area contributed by atoms with Gasteiger partial charge in [0.05, 0.1) is 10.2 Å². The maximum Gasteiger partial charge on any atom is 0.273 e. The highest BCUT2D eigenvalue weighted by Crippen LogP contribution is 2.18. The van der Waals surface area contributed by atoms with Crippen LogP contribution in [0.2, 0.25) is 0 Å². The molecule has 0 unspecified atom stereocenters. The molecule has 0 saturated carbocycles. The van der Waals surface area contributed by atoms with Gasteiger partial charge in [0.25, 0.3) is 11.5 Å². The van der Waals surface area contributed by atoms with Crippen molar-refractivity contribution in [3.63, 3.8) is 0 Å². The Morgan fingerprint density at radius 1 is 0.929 bits per heavy atom. The van der Waals surface area contributed by atoms with Crippen molar-refractivity contribution >= 4 is 34.6 Å². The van der Waals surface area contributed by atoms with E-state index in [0.717, 1.165) is 39.2 Å². The van der Waals surface area contributed by atoms with Gasteiger partial charge in [0.2, 0.25) is 0 Å². The van der Waals surface area contributed by atoms with Crippen molar-refractivity contribution in [2.24, 2.45) is 0 Å². The lowest BCUT2D eigenvalue weighted by Crippen LogP contribution is -2.32. The van der Waals surface area contributed by atoms with E-state index in [0.29, 0.717) is 28.3 Å². The van der Waals surface area contributed by atoms with Crippen LogP contribution in [0.4, 0.5) is 5.69 Å². The summed E-state index contributed by atoms with van der Waals surface area (Å²) in [6, 6.07) is 32.6. The second-order valence-corrected chi connectivity index (χ2v) is 11.0. The fourth-order valence-electron chi connectivity index (χ4n) is 4.52. The largest absolute Gasteiger partial charge is 0.489 e. The predicted molar refractivity (Wildman–Crippen MR) is 168 cm³/mol. The van der Waals surface area contributed by atoms with Gasteiger partial charge in [-0.25, -0.2) is 0 Å². The second kappa shape index (κ2) is 12.5. The van der Waals surface area contributed by atoms with Gasteiger partial charge in [0, 0.05) is 5.69 Å². The first kappa shape index (κ1) is 28.3. The van der Waals surface area contributed by atoms with Gasteiger partial charge in [-0.1, -0.05) is 72.8 Å². The van der Waals surface area contributed by atoms with E-state index >= 15 is 0 Å². The number of rotatable bonds is 7. The number of thiazole rings is 1. The van der Waals surface area contributed by atoms with Crippen LogP contribution >= 0.6 is 11.3 Å². The highest BCUT2D eigenvalue weighted by Gasteiger charge is 2.18. The monoisotopic (exact) mass is 571 g/mol. The molecule has 1 amide bonds. The molecular formula is C35H29N3O3S. The Bertz CT molecular complexity index is 2000. The Balaban J connectivity index is 1.62. The molecule has 208 valence electrons. The average Bonchev–Trinajstić information content (AvgIpc) is 3.30. The van der Waals surface area contributed by atoms with Crippen LogP contribution in [-0.2, 0) is 11.4 Å². The molecule has 6 nitrogen and oxygen atoms in total. The van der Waals surface area contributed by atoms with Gasteiger partial charge in [-0.15, -0.1) is 11.3 Å². The van der Waals surface area contributed by atoms with E-state index in [9.17, 15) is 14.9 Å². The van der Waals surface area contributed by atoms with Gasteiger partial charge in [-0.3, -0.25) is 14.2 Å². The Labute approximate surface area is 248 Å². The zero-order valence-electron chi connectivity index (χ0n) is 23.5. The first-order valence-electron chi connectivity index (χ1n) is 13.4. The second-order valence-electron chi connectivity index (χ2n) is 9.95. The van der Waals surface area contributed by atoms with Gasteiger partial charge < -0.3 is 10.1 Å². The van der Waals surface area contributed by atoms with Crippen LogP contribution in [0.1, 0.15) is 27.8 Å². The van der Waals surface area contributed by atoms with E-state index in [1.165, 1.54) is 4.57 Å². The number of hydrogen-bond donors (Lipinski definition) is 1. The minimum Gasteiger partial charge on any atom is -0.489 e. The molecule has 0 fully saturated rings. The minimum atomic E-state index is -0.572. The number of nitrogens with one attached hydrogen (secondary N) is 1. The number of amides is 1. The van der Waals surface area contributed by atoms with E-state index < -0.39 is 5.91 Å². The van der Waals surface area contributed by atoms with Gasteiger partial charge in [-0.2, -0.15) is 5.26 Å².